The van der Waals surface area contributed by atoms with E-state index in [1.54, 1.807) is 7.11 Å². The average molecular weight is 469 g/mol. The maximum atomic E-state index is 13.5. The molecule has 1 saturated carbocycles. The largest absolute Gasteiger partial charge is 0.497 e. The fourth-order valence-corrected chi connectivity index (χ4v) is 5.15. The van der Waals surface area contributed by atoms with E-state index < -0.39 is 0 Å². The smallest absolute Gasteiger partial charge is 0.231 e. The Morgan fingerprint density at radius 2 is 1.83 bits per heavy atom. The van der Waals surface area contributed by atoms with Gasteiger partial charge in [0.2, 0.25) is 5.91 Å². The number of nitrogens with zero attached hydrogens (tertiary/aromatic N) is 3. The van der Waals surface area contributed by atoms with Crippen LogP contribution in [0.25, 0.3) is 0 Å². The highest BCUT2D eigenvalue weighted by Crippen LogP contribution is 2.38. The second kappa shape index (κ2) is 7.95. The number of ether oxygens (including phenoxy) is 1. The van der Waals surface area contributed by atoms with E-state index in [2.05, 4.69) is 43.5 Å². The minimum absolute atomic E-state index is 0.0220. The summed E-state index contributed by atoms with van der Waals surface area (Å²) in [4.78, 5) is 17.8. The maximum absolute atomic E-state index is 13.5. The minimum atomic E-state index is -0.252. The summed E-state index contributed by atoms with van der Waals surface area (Å²) >= 11 is 3.51. The van der Waals surface area contributed by atoms with Gasteiger partial charge in [0.1, 0.15) is 5.75 Å². The number of halogens is 1. The molecule has 5 rings (SSSR count). The molecule has 2 aromatic carbocycles. The first-order valence-electron chi connectivity index (χ1n) is 10.5. The van der Waals surface area contributed by atoms with Gasteiger partial charge >= 0.3 is 0 Å². The van der Waals surface area contributed by atoms with Crippen molar-refractivity contribution in [1.82, 2.24) is 15.2 Å². The number of hydrazone groups is 1. The molecule has 0 aromatic heterocycles. The van der Waals surface area contributed by atoms with Gasteiger partial charge < -0.3 is 9.64 Å². The molecular formula is C23H25BrN4O2. The second-order valence-corrected chi connectivity index (χ2v) is 9.04. The third-order valence-electron chi connectivity index (χ3n) is 6.39. The second-order valence-electron chi connectivity index (χ2n) is 8.12. The van der Waals surface area contributed by atoms with Gasteiger partial charge in [-0.1, -0.05) is 53.0 Å². The molecule has 1 saturated heterocycles. The molecule has 2 heterocycles. The SMILES string of the molecule is COc1ccc(CN2C(=O)C3CCCCC3N3C(c4ccc(Br)cc4)=NNC23)cc1. The van der Waals surface area contributed by atoms with Gasteiger partial charge in [-0.2, -0.15) is 5.10 Å². The topological polar surface area (TPSA) is 57.2 Å². The highest BCUT2D eigenvalue weighted by Gasteiger charge is 2.50. The summed E-state index contributed by atoms with van der Waals surface area (Å²) in [6.45, 7) is 0.545. The van der Waals surface area contributed by atoms with Crippen LogP contribution in [0.1, 0.15) is 36.8 Å². The molecule has 0 spiro atoms. The van der Waals surface area contributed by atoms with Gasteiger partial charge in [-0.05, 0) is 42.7 Å². The lowest BCUT2D eigenvalue weighted by Crippen LogP contribution is -2.67. The van der Waals surface area contributed by atoms with Crippen molar-refractivity contribution in [1.29, 1.82) is 0 Å². The maximum Gasteiger partial charge on any atom is 0.231 e. The predicted octanol–water partition coefficient (Wildman–Crippen LogP) is 3.91. The molecule has 6 nitrogen and oxygen atoms in total. The van der Waals surface area contributed by atoms with Crippen LogP contribution in [0, 0.1) is 5.92 Å². The number of benzene rings is 2. The summed E-state index contributed by atoms with van der Waals surface area (Å²) in [6, 6.07) is 16.4. The lowest BCUT2D eigenvalue weighted by atomic mass is 9.80. The Bertz CT molecular complexity index is 960. The molecule has 3 aliphatic rings. The average Bonchev–Trinajstić information content (AvgIpc) is 3.23. The summed E-state index contributed by atoms with van der Waals surface area (Å²) in [5.41, 5.74) is 5.41. The van der Waals surface area contributed by atoms with Crippen molar-refractivity contribution in [2.75, 3.05) is 7.11 Å². The van der Waals surface area contributed by atoms with Crippen LogP contribution in [-0.2, 0) is 11.3 Å². The lowest BCUT2D eigenvalue weighted by molar-refractivity contribution is -0.156. The van der Waals surface area contributed by atoms with Crippen molar-refractivity contribution in [2.24, 2.45) is 11.0 Å². The summed E-state index contributed by atoms with van der Waals surface area (Å²) in [5.74, 6) is 2.00. The summed E-state index contributed by atoms with van der Waals surface area (Å²) in [6.07, 6.45) is 3.99. The number of carbonyl (C=O) groups is 1. The Labute approximate surface area is 185 Å². The van der Waals surface area contributed by atoms with Crippen LogP contribution in [0.15, 0.2) is 58.1 Å². The molecule has 0 bridgehead atoms. The van der Waals surface area contributed by atoms with Crippen LogP contribution < -0.4 is 10.2 Å². The molecule has 1 aliphatic carbocycles. The van der Waals surface area contributed by atoms with Crippen LogP contribution >= 0.6 is 15.9 Å². The third-order valence-corrected chi connectivity index (χ3v) is 6.92. The highest BCUT2D eigenvalue weighted by molar-refractivity contribution is 9.10. The van der Waals surface area contributed by atoms with Crippen molar-refractivity contribution in [3.05, 3.63) is 64.1 Å². The number of hydrogen-bond donors (Lipinski definition) is 1. The first-order chi connectivity index (χ1) is 14.7. The molecule has 3 atom stereocenters. The minimum Gasteiger partial charge on any atom is -0.497 e. The molecule has 1 N–H and O–H groups in total. The number of amides is 1. The number of amidine groups is 1. The fraction of sp³-hybridized carbons (Fsp3) is 0.391. The van der Waals surface area contributed by atoms with E-state index in [1.165, 1.54) is 0 Å². The predicted molar refractivity (Wildman–Crippen MR) is 119 cm³/mol. The van der Waals surface area contributed by atoms with Gasteiger partial charge in [0.15, 0.2) is 12.1 Å². The number of carbonyl (C=O) groups excluding carboxylic acids is 1. The van der Waals surface area contributed by atoms with E-state index in [0.29, 0.717) is 6.54 Å². The Kier molecular flexibility index (Phi) is 5.15. The van der Waals surface area contributed by atoms with Crippen molar-refractivity contribution < 1.29 is 9.53 Å². The van der Waals surface area contributed by atoms with Gasteiger partial charge in [-0.3, -0.25) is 15.1 Å². The molecule has 156 valence electrons. The van der Waals surface area contributed by atoms with Crippen LogP contribution in [-0.4, -0.2) is 41.0 Å². The summed E-state index contributed by atoms with van der Waals surface area (Å²) in [7, 11) is 1.66. The van der Waals surface area contributed by atoms with E-state index in [0.717, 1.165) is 52.9 Å². The van der Waals surface area contributed by atoms with Crippen molar-refractivity contribution >= 4 is 27.7 Å². The number of nitrogens with one attached hydrogen (secondary N) is 1. The first-order valence-corrected chi connectivity index (χ1v) is 11.3. The molecule has 7 heteroatoms. The molecule has 2 aromatic rings. The van der Waals surface area contributed by atoms with Crippen molar-refractivity contribution in [3.63, 3.8) is 0 Å². The van der Waals surface area contributed by atoms with E-state index in [-0.39, 0.29) is 24.2 Å². The van der Waals surface area contributed by atoms with E-state index >= 15 is 0 Å². The highest BCUT2D eigenvalue weighted by atomic mass is 79.9. The molecule has 0 radical (unpaired) electrons. The summed E-state index contributed by atoms with van der Waals surface area (Å²) in [5, 5.41) is 4.69. The number of methoxy groups -OCH3 is 1. The molecule has 2 aliphatic heterocycles. The van der Waals surface area contributed by atoms with Gasteiger partial charge in [0.25, 0.3) is 0 Å². The first kappa shape index (κ1) is 19.4. The zero-order valence-electron chi connectivity index (χ0n) is 16.9. The van der Waals surface area contributed by atoms with Crippen molar-refractivity contribution in [3.8, 4) is 5.75 Å². The van der Waals surface area contributed by atoms with Crippen LogP contribution in [0.5, 0.6) is 5.75 Å². The van der Waals surface area contributed by atoms with Gasteiger partial charge in [-0.15, -0.1) is 0 Å². The van der Waals surface area contributed by atoms with E-state index in [4.69, 9.17) is 4.74 Å². The van der Waals surface area contributed by atoms with Gasteiger partial charge in [-0.25, -0.2) is 0 Å². The Hall–Kier alpha value is -2.54. The Balaban J connectivity index is 1.47. The third kappa shape index (κ3) is 3.35. The number of fused-ring (bicyclic) bond motifs is 3. The molecule has 3 unspecified atom stereocenters. The zero-order chi connectivity index (χ0) is 20.7. The van der Waals surface area contributed by atoms with Crippen LogP contribution in [0.2, 0.25) is 0 Å². The Morgan fingerprint density at radius 3 is 2.57 bits per heavy atom. The molecule has 1 amide bonds. The van der Waals surface area contributed by atoms with Crippen molar-refractivity contribution in [2.45, 2.75) is 44.6 Å². The summed E-state index contributed by atoms with van der Waals surface area (Å²) < 4.78 is 6.31. The normalized spacial score (nSPS) is 25.3. The fourth-order valence-electron chi connectivity index (χ4n) is 4.88. The van der Waals surface area contributed by atoms with E-state index in [9.17, 15) is 4.79 Å². The number of hydrogen-bond acceptors (Lipinski definition) is 5. The molecule has 2 fully saturated rings. The lowest BCUT2D eigenvalue weighted by Gasteiger charge is -2.50. The van der Waals surface area contributed by atoms with Crippen LogP contribution in [0.3, 0.4) is 0 Å². The van der Waals surface area contributed by atoms with E-state index in [1.807, 2.05) is 41.3 Å². The number of rotatable bonds is 4. The zero-order valence-corrected chi connectivity index (χ0v) is 18.5. The Morgan fingerprint density at radius 1 is 1.10 bits per heavy atom. The quantitative estimate of drug-likeness (QED) is 0.738. The van der Waals surface area contributed by atoms with Gasteiger partial charge in [0.05, 0.1) is 13.0 Å². The van der Waals surface area contributed by atoms with Gasteiger partial charge in [0, 0.05) is 22.6 Å². The standard InChI is InChI=1S/C23H25BrN4O2/c1-30-18-12-6-15(7-13-18)14-27-22(29)19-4-2-3-5-20(19)28-21(25-26-23(27)28)16-8-10-17(24)11-9-16/h6-13,19-20,23,26H,2-5,14H2,1H3. The van der Waals surface area contributed by atoms with Crippen LogP contribution in [0.4, 0.5) is 0 Å². The monoisotopic (exact) mass is 468 g/mol. The molecule has 30 heavy (non-hydrogen) atoms. The molecular weight excluding hydrogens is 444 g/mol.